The Bertz CT molecular complexity index is 577. The summed E-state index contributed by atoms with van der Waals surface area (Å²) in [6, 6.07) is 9.08. The molecule has 0 saturated heterocycles. The zero-order valence-electron chi connectivity index (χ0n) is 9.34. The maximum Gasteiger partial charge on any atom is 0.244 e. The highest BCUT2D eigenvalue weighted by molar-refractivity contribution is 7.80. The van der Waals surface area contributed by atoms with Crippen molar-refractivity contribution in [2.24, 2.45) is 5.73 Å². The fourth-order valence-electron chi connectivity index (χ4n) is 1.37. The van der Waals surface area contributed by atoms with Crippen molar-refractivity contribution in [3.8, 4) is 5.88 Å². The van der Waals surface area contributed by atoms with Gasteiger partial charge in [0.05, 0.1) is 11.8 Å². The minimum Gasteiger partial charge on any atom is -0.471 e. The molecular weight excluding hydrogens is 270 g/mol. The lowest BCUT2D eigenvalue weighted by atomic mass is 10.2. The highest BCUT2D eigenvalue weighted by Crippen LogP contribution is 2.19. The van der Waals surface area contributed by atoms with Gasteiger partial charge in [0.2, 0.25) is 5.88 Å². The van der Waals surface area contributed by atoms with Crippen molar-refractivity contribution in [1.29, 1.82) is 0 Å². The lowest BCUT2D eigenvalue weighted by Crippen LogP contribution is -2.13. The van der Waals surface area contributed by atoms with Gasteiger partial charge in [0, 0.05) is 10.6 Å². The third-order valence-electron chi connectivity index (χ3n) is 2.27. The van der Waals surface area contributed by atoms with E-state index >= 15 is 0 Å². The lowest BCUT2D eigenvalue weighted by molar-refractivity contribution is 0.289. The SMILES string of the molecule is NC(=S)c1ccnnc1OCc1ccccc1Cl. The zero-order valence-corrected chi connectivity index (χ0v) is 10.9. The fraction of sp³-hybridized carbons (Fsp3) is 0.0833. The van der Waals surface area contributed by atoms with E-state index < -0.39 is 0 Å². The summed E-state index contributed by atoms with van der Waals surface area (Å²) in [6.45, 7) is 0.286. The number of thiocarbonyl (C=S) groups is 1. The Morgan fingerprint density at radius 1 is 1.33 bits per heavy atom. The Kier molecular flexibility index (Phi) is 4.07. The topological polar surface area (TPSA) is 61.0 Å². The molecule has 2 aromatic rings. The van der Waals surface area contributed by atoms with Crippen molar-refractivity contribution in [3.05, 3.63) is 52.7 Å². The highest BCUT2D eigenvalue weighted by Gasteiger charge is 2.09. The number of nitrogens with zero attached hydrogens (tertiary/aromatic N) is 2. The van der Waals surface area contributed by atoms with Crippen molar-refractivity contribution in [3.63, 3.8) is 0 Å². The van der Waals surface area contributed by atoms with Gasteiger partial charge >= 0.3 is 0 Å². The maximum atomic E-state index is 6.03. The summed E-state index contributed by atoms with van der Waals surface area (Å²) in [5.74, 6) is 0.310. The van der Waals surface area contributed by atoms with Crippen molar-refractivity contribution in [2.75, 3.05) is 0 Å². The van der Waals surface area contributed by atoms with Gasteiger partial charge in [0.1, 0.15) is 11.6 Å². The first-order chi connectivity index (χ1) is 8.68. The van der Waals surface area contributed by atoms with Crippen LogP contribution in [0.2, 0.25) is 5.02 Å². The first-order valence-electron chi connectivity index (χ1n) is 5.16. The van der Waals surface area contributed by atoms with Gasteiger partial charge in [-0.1, -0.05) is 42.0 Å². The second kappa shape index (κ2) is 5.75. The average molecular weight is 280 g/mol. The number of ether oxygens (including phenoxy) is 1. The Labute approximate surface area is 115 Å². The van der Waals surface area contributed by atoms with E-state index in [4.69, 9.17) is 34.3 Å². The van der Waals surface area contributed by atoms with E-state index in [9.17, 15) is 0 Å². The monoisotopic (exact) mass is 279 g/mol. The standard InChI is InChI=1S/C12H10ClN3OS/c13-10-4-2-1-3-8(10)7-17-12-9(11(14)18)5-6-15-16-12/h1-6H,7H2,(H2,14,18). The molecule has 18 heavy (non-hydrogen) atoms. The number of benzene rings is 1. The van der Waals surface area contributed by atoms with Crippen LogP contribution in [0.1, 0.15) is 11.1 Å². The highest BCUT2D eigenvalue weighted by atomic mass is 35.5. The predicted molar refractivity (Wildman–Crippen MR) is 73.7 cm³/mol. The summed E-state index contributed by atoms with van der Waals surface area (Å²) >= 11 is 10.9. The maximum absolute atomic E-state index is 6.03. The van der Waals surface area contributed by atoms with Gasteiger partial charge in [0.15, 0.2) is 0 Å². The number of aromatic nitrogens is 2. The van der Waals surface area contributed by atoms with Crippen LogP contribution < -0.4 is 10.5 Å². The Morgan fingerprint density at radius 3 is 2.83 bits per heavy atom. The van der Waals surface area contributed by atoms with E-state index in [0.717, 1.165) is 5.56 Å². The third-order valence-corrected chi connectivity index (χ3v) is 2.86. The molecule has 1 aromatic heterocycles. The molecule has 1 aromatic carbocycles. The Hall–Kier alpha value is -1.72. The molecule has 0 aliphatic carbocycles. The van der Waals surface area contributed by atoms with E-state index in [1.54, 1.807) is 12.1 Å². The van der Waals surface area contributed by atoms with Gasteiger partial charge in [-0.05, 0) is 12.1 Å². The van der Waals surface area contributed by atoms with Crippen molar-refractivity contribution in [1.82, 2.24) is 10.2 Å². The van der Waals surface area contributed by atoms with E-state index in [-0.39, 0.29) is 11.6 Å². The average Bonchev–Trinajstić information content (AvgIpc) is 2.38. The molecule has 0 atom stereocenters. The summed E-state index contributed by atoms with van der Waals surface area (Å²) in [5, 5.41) is 8.24. The number of halogens is 1. The number of rotatable bonds is 4. The van der Waals surface area contributed by atoms with Crippen LogP contribution in [0.25, 0.3) is 0 Å². The molecule has 92 valence electrons. The molecule has 6 heteroatoms. The normalized spacial score (nSPS) is 10.1. The second-order valence-electron chi connectivity index (χ2n) is 3.49. The summed E-state index contributed by atoms with van der Waals surface area (Å²) in [4.78, 5) is 0.221. The molecule has 0 aliphatic rings. The first-order valence-corrected chi connectivity index (χ1v) is 5.95. The van der Waals surface area contributed by atoms with Crippen molar-refractivity contribution < 1.29 is 4.74 Å². The van der Waals surface area contributed by atoms with Crippen LogP contribution in [0, 0.1) is 0 Å². The minimum absolute atomic E-state index is 0.221. The largest absolute Gasteiger partial charge is 0.471 e. The molecule has 0 unspecified atom stereocenters. The molecule has 0 saturated carbocycles. The zero-order chi connectivity index (χ0) is 13.0. The molecule has 0 radical (unpaired) electrons. The molecule has 4 nitrogen and oxygen atoms in total. The summed E-state index contributed by atoms with van der Waals surface area (Å²) in [6.07, 6.45) is 1.51. The van der Waals surface area contributed by atoms with Crippen LogP contribution in [-0.2, 0) is 6.61 Å². The fourth-order valence-corrected chi connectivity index (χ4v) is 1.72. The van der Waals surface area contributed by atoms with Crippen LogP contribution >= 0.6 is 23.8 Å². The molecule has 1 heterocycles. The molecule has 2 N–H and O–H groups in total. The molecule has 0 bridgehead atoms. The number of hydrogen-bond donors (Lipinski definition) is 1. The van der Waals surface area contributed by atoms with Crippen LogP contribution in [0.4, 0.5) is 0 Å². The second-order valence-corrected chi connectivity index (χ2v) is 4.34. The van der Waals surface area contributed by atoms with Crippen LogP contribution in [0.15, 0.2) is 36.5 Å². The smallest absolute Gasteiger partial charge is 0.244 e. The summed E-state index contributed by atoms with van der Waals surface area (Å²) < 4.78 is 5.54. The van der Waals surface area contributed by atoms with Gasteiger partial charge in [0.25, 0.3) is 0 Å². The molecule has 0 spiro atoms. The lowest BCUT2D eigenvalue weighted by Gasteiger charge is -2.09. The van der Waals surface area contributed by atoms with Crippen molar-refractivity contribution >= 4 is 28.8 Å². The minimum atomic E-state index is 0.221. The predicted octanol–water partition coefficient (Wildman–Crippen LogP) is 2.34. The number of hydrogen-bond acceptors (Lipinski definition) is 4. The first kappa shape index (κ1) is 12.7. The van der Waals surface area contributed by atoms with E-state index in [1.807, 2.05) is 18.2 Å². The third kappa shape index (κ3) is 2.94. The van der Waals surface area contributed by atoms with Gasteiger partial charge in [-0.25, -0.2) is 0 Å². The molecule has 0 aliphatic heterocycles. The van der Waals surface area contributed by atoms with Crippen LogP contribution in [0.3, 0.4) is 0 Å². The van der Waals surface area contributed by atoms with Gasteiger partial charge in [-0.15, -0.1) is 5.10 Å². The van der Waals surface area contributed by atoms with Gasteiger partial charge < -0.3 is 10.5 Å². The number of nitrogens with two attached hydrogens (primary N) is 1. The van der Waals surface area contributed by atoms with E-state index in [1.165, 1.54) is 6.20 Å². The molecule has 0 amide bonds. The molecule has 2 rings (SSSR count). The van der Waals surface area contributed by atoms with E-state index in [2.05, 4.69) is 10.2 Å². The van der Waals surface area contributed by atoms with Gasteiger partial charge in [-0.2, -0.15) is 5.10 Å². The van der Waals surface area contributed by atoms with Gasteiger partial charge in [-0.3, -0.25) is 0 Å². The van der Waals surface area contributed by atoms with Crippen molar-refractivity contribution in [2.45, 2.75) is 6.61 Å². The Morgan fingerprint density at radius 2 is 2.11 bits per heavy atom. The van der Waals surface area contributed by atoms with Crippen LogP contribution in [-0.4, -0.2) is 15.2 Å². The quantitative estimate of drug-likeness (QED) is 0.871. The Balaban J connectivity index is 2.16. The molecular formula is C12H10ClN3OS. The van der Waals surface area contributed by atoms with E-state index in [0.29, 0.717) is 16.5 Å². The summed E-state index contributed by atoms with van der Waals surface area (Å²) in [7, 11) is 0. The molecule has 0 fully saturated rings. The summed E-state index contributed by atoms with van der Waals surface area (Å²) in [5.41, 5.74) is 6.99. The van der Waals surface area contributed by atoms with Crippen LogP contribution in [0.5, 0.6) is 5.88 Å².